The Morgan fingerprint density at radius 2 is 1.88 bits per heavy atom. The van der Waals surface area contributed by atoms with Crippen LogP contribution in [0.25, 0.3) is 0 Å². The molecule has 5 nitrogen and oxygen atoms in total. The number of nitrogens with zero attached hydrogens (tertiary/aromatic N) is 1. The number of carbonyl (C=O) groups is 2. The van der Waals surface area contributed by atoms with Crippen LogP contribution in [0.5, 0.6) is 0 Å². The Labute approximate surface area is 92.6 Å². The third-order valence-corrected chi connectivity index (χ3v) is 2.17. The third kappa shape index (κ3) is 2.25. The number of hydrogen-bond acceptors (Lipinski definition) is 3. The lowest BCUT2D eigenvalue weighted by molar-refractivity contribution is -0.135. The second-order valence-corrected chi connectivity index (χ2v) is 3.56. The van der Waals surface area contributed by atoms with Gasteiger partial charge in [0.1, 0.15) is 0 Å². The fraction of sp³-hybridized carbons (Fsp3) is 0.182. The van der Waals surface area contributed by atoms with Gasteiger partial charge in [0, 0.05) is 0 Å². The van der Waals surface area contributed by atoms with Gasteiger partial charge in [-0.05, 0) is 12.5 Å². The van der Waals surface area contributed by atoms with Crippen LogP contribution in [-0.2, 0) is 16.1 Å². The van der Waals surface area contributed by atoms with Gasteiger partial charge in [0.05, 0.1) is 6.54 Å². The summed E-state index contributed by atoms with van der Waals surface area (Å²) in [6.07, 6.45) is 0. The zero-order chi connectivity index (χ0) is 11.5. The molecule has 2 rings (SSSR count). The zero-order valence-electron chi connectivity index (χ0n) is 8.78. The largest absolute Gasteiger partial charge is 0.316 e. The number of carbonyl (C=O) groups excluding carboxylic acids is 2. The topological polar surface area (TPSA) is 70.6 Å². The highest BCUT2D eigenvalue weighted by Gasteiger charge is 2.24. The van der Waals surface area contributed by atoms with E-state index in [0.717, 1.165) is 11.1 Å². The number of benzene rings is 1. The molecule has 0 radical (unpaired) electrons. The molecule has 1 aromatic rings. The fourth-order valence-corrected chi connectivity index (χ4v) is 1.42. The van der Waals surface area contributed by atoms with E-state index < -0.39 is 11.8 Å². The van der Waals surface area contributed by atoms with Crippen molar-refractivity contribution in [1.82, 2.24) is 10.6 Å². The smallest absolute Gasteiger partial charge is 0.288 e. The van der Waals surface area contributed by atoms with E-state index >= 15 is 0 Å². The summed E-state index contributed by atoms with van der Waals surface area (Å²) < 4.78 is 0. The van der Waals surface area contributed by atoms with E-state index in [1.54, 1.807) is 0 Å². The van der Waals surface area contributed by atoms with Crippen LogP contribution in [0.15, 0.2) is 29.3 Å². The van der Waals surface area contributed by atoms with E-state index in [9.17, 15) is 9.59 Å². The average Bonchev–Trinajstić information content (AvgIpc) is 2.56. The molecule has 82 valence electrons. The van der Waals surface area contributed by atoms with Crippen LogP contribution in [0.1, 0.15) is 11.1 Å². The summed E-state index contributed by atoms with van der Waals surface area (Å²) in [6.45, 7) is 2.42. The highest BCUT2D eigenvalue weighted by molar-refractivity contribution is 6.45. The molecule has 0 atom stereocenters. The van der Waals surface area contributed by atoms with Gasteiger partial charge in [-0.1, -0.05) is 29.8 Å². The van der Waals surface area contributed by atoms with Gasteiger partial charge in [0.25, 0.3) is 0 Å². The van der Waals surface area contributed by atoms with Crippen LogP contribution in [0.2, 0.25) is 0 Å². The van der Waals surface area contributed by atoms with Crippen molar-refractivity contribution in [3.8, 4) is 0 Å². The van der Waals surface area contributed by atoms with Crippen LogP contribution >= 0.6 is 0 Å². The average molecular weight is 217 g/mol. The molecule has 1 aromatic carbocycles. The SMILES string of the molecule is Cc1cccc(CN=C2NC(=O)C(=O)N2)c1. The van der Waals surface area contributed by atoms with Gasteiger partial charge >= 0.3 is 11.8 Å². The lowest BCUT2D eigenvalue weighted by Crippen LogP contribution is -2.25. The molecule has 1 aliphatic heterocycles. The molecule has 0 saturated carbocycles. The van der Waals surface area contributed by atoms with Gasteiger partial charge < -0.3 is 0 Å². The molecule has 1 heterocycles. The predicted molar refractivity (Wildman–Crippen MR) is 58.6 cm³/mol. The molecule has 16 heavy (non-hydrogen) atoms. The molecule has 0 spiro atoms. The number of nitrogens with one attached hydrogen (secondary N) is 2. The summed E-state index contributed by atoms with van der Waals surface area (Å²) in [6, 6.07) is 7.88. The molecule has 2 N–H and O–H groups in total. The maximum absolute atomic E-state index is 10.8. The van der Waals surface area contributed by atoms with Crippen molar-refractivity contribution in [1.29, 1.82) is 0 Å². The zero-order valence-corrected chi connectivity index (χ0v) is 8.78. The van der Waals surface area contributed by atoms with E-state index in [0.29, 0.717) is 6.54 Å². The van der Waals surface area contributed by atoms with Crippen LogP contribution < -0.4 is 10.6 Å². The lowest BCUT2D eigenvalue weighted by Gasteiger charge is -1.99. The highest BCUT2D eigenvalue weighted by atomic mass is 16.2. The molecule has 0 aliphatic carbocycles. The summed E-state index contributed by atoms with van der Waals surface area (Å²) in [5.74, 6) is -1.11. The fourth-order valence-electron chi connectivity index (χ4n) is 1.42. The van der Waals surface area contributed by atoms with Crippen LogP contribution in [-0.4, -0.2) is 17.8 Å². The molecule has 0 unspecified atom stereocenters. The van der Waals surface area contributed by atoms with E-state index in [1.807, 2.05) is 31.2 Å². The van der Waals surface area contributed by atoms with Crippen molar-refractivity contribution in [2.75, 3.05) is 0 Å². The summed E-state index contributed by atoms with van der Waals surface area (Å²) in [4.78, 5) is 25.8. The van der Waals surface area contributed by atoms with E-state index in [-0.39, 0.29) is 5.96 Å². The van der Waals surface area contributed by atoms with Crippen molar-refractivity contribution in [3.63, 3.8) is 0 Å². The molecular weight excluding hydrogens is 206 g/mol. The molecule has 1 aliphatic rings. The number of amides is 2. The first-order chi connectivity index (χ1) is 7.65. The third-order valence-electron chi connectivity index (χ3n) is 2.17. The number of aliphatic imine (C=N–C) groups is 1. The molecule has 0 bridgehead atoms. The van der Waals surface area contributed by atoms with Crippen LogP contribution in [0.4, 0.5) is 0 Å². The van der Waals surface area contributed by atoms with Gasteiger partial charge in [0.15, 0.2) is 0 Å². The molecule has 0 aromatic heterocycles. The second kappa shape index (κ2) is 4.14. The maximum atomic E-state index is 10.8. The first kappa shape index (κ1) is 10.4. The summed E-state index contributed by atoms with van der Waals surface area (Å²) in [5, 5.41) is 4.68. The summed E-state index contributed by atoms with van der Waals surface area (Å²) in [5.41, 5.74) is 2.18. The Hall–Kier alpha value is -2.17. The highest BCUT2D eigenvalue weighted by Crippen LogP contribution is 2.05. The molecule has 2 amide bonds. The Morgan fingerprint density at radius 3 is 2.50 bits per heavy atom. The minimum atomic E-state index is -0.664. The Kier molecular flexibility index (Phi) is 2.68. The Balaban J connectivity index is 2.05. The minimum absolute atomic E-state index is 0.219. The van der Waals surface area contributed by atoms with E-state index in [1.165, 1.54) is 0 Å². The van der Waals surface area contributed by atoms with Crippen molar-refractivity contribution in [3.05, 3.63) is 35.4 Å². The van der Waals surface area contributed by atoms with Gasteiger partial charge in [0.2, 0.25) is 5.96 Å². The first-order valence-electron chi connectivity index (χ1n) is 4.87. The summed E-state index contributed by atoms with van der Waals surface area (Å²) in [7, 11) is 0. The van der Waals surface area contributed by atoms with Crippen molar-refractivity contribution < 1.29 is 9.59 Å². The normalized spacial score (nSPS) is 14.7. The quantitative estimate of drug-likeness (QED) is 0.689. The van der Waals surface area contributed by atoms with E-state index in [2.05, 4.69) is 15.6 Å². The lowest BCUT2D eigenvalue weighted by atomic mass is 10.1. The standard InChI is InChI=1S/C11H11N3O2/c1-7-3-2-4-8(5-7)6-12-11-13-9(15)10(16)14-11/h2-5H,6H2,1H3,(H2,12,13,14,15,16). The maximum Gasteiger partial charge on any atom is 0.316 e. The van der Waals surface area contributed by atoms with Gasteiger partial charge in [-0.2, -0.15) is 0 Å². The van der Waals surface area contributed by atoms with Crippen LogP contribution in [0, 0.1) is 6.92 Å². The predicted octanol–water partition coefficient (Wildman–Crippen LogP) is 0.0970. The molecular formula is C11H11N3O2. The molecule has 1 fully saturated rings. The Morgan fingerprint density at radius 1 is 1.19 bits per heavy atom. The number of guanidine groups is 1. The number of aryl methyl sites for hydroxylation is 1. The van der Waals surface area contributed by atoms with Crippen LogP contribution in [0.3, 0.4) is 0 Å². The second-order valence-electron chi connectivity index (χ2n) is 3.56. The monoisotopic (exact) mass is 217 g/mol. The van der Waals surface area contributed by atoms with Gasteiger partial charge in [-0.15, -0.1) is 0 Å². The van der Waals surface area contributed by atoms with Crippen molar-refractivity contribution in [2.45, 2.75) is 13.5 Å². The molecule has 5 heteroatoms. The minimum Gasteiger partial charge on any atom is -0.288 e. The van der Waals surface area contributed by atoms with Crippen molar-refractivity contribution >= 4 is 17.8 Å². The van der Waals surface area contributed by atoms with Crippen molar-refractivity contribution in [2.24, 2.45) is 4.99 Å². The number of rotatable bonds is 2. The molecule has 1 saturated heterocycles. The van der Waals surface area contributed by atoms with Gasteiger partial charge in [-0.3, -0.25) is 20.2 Å². The first-order valence-corrected chi connectivity index (χ1v) is 4.87. The number of hydrogen-bond donors (Lipinski definition) is 2. The summed E-state index contributed by atoms with van der Waals surface area (Å²) >= 11 is 0. The Bertz CT molecular complexity index is 462. The van der Waals surface area contributed by atoms with Gasteiger partial charge in [-0.25, -0.2) is 4.99 Å². The van der Waals surface area contributed by atoms with E-state index in [4.69, 9.17) is 0 Å².